The number of nitrogens with one attached hydrogen (secondary N) is 1. The van der Waals surface area contributed by atoms with E-state index in [-0.39, 0.29) is 12.6 Å². The highest BCUT2D eigenvalue weighted by atomic mass is 16.5. The van der Waals surface area contributed by atoms with E-state index in [2.05, 4.69) is 32.1 Å². The summed E-state index contributed by atoms with van der Waals surface area (Å²) in [7, 11) is 0. The van der Waals surface area contributed by atoms with Crippen LogP contribution in [0.5, 0.6) is 0 Å². The van der Waals surface area contributed by atoms with Crippen molar-refractivity contribution in [2.45, 2.75) is 19.8 Å². The van der Waals surface area contributed by atoms with Gasteiger partial charge in [-0.15, -0.1) is 0 Å². The van der Waals surface area contributed by atoms with Crippen LogP contribution in [-0.2, 0) is 15.9 Å². The molecule has 8 nitrogen and oxygen atoms in total. The van der Waals surface area contributed by atoms with E-state index in [9.17, 15) is 4.79 Å². The van der Waals surface area contributed by atoms with Gasteiger partial charge in [0.15, 0.2) is 0 Å². The van der Waals surface area contributed by atoms with Crippen LogP contribution in [0.1, 0.15) is 29.5 Å². The number of nitrogens with zero attached hydrogens (tertiary/aromatic N) is 4. The quantitative estimate of drug-likeness (QED) is 0.556. The Morgan fingerprint density at radius 2 is 1.96 bits per heavy atom. The second kappa shape index (κ2) is 9.82. The third-order valence-corrected chi connectivity index (χ3v) is 4.07. The Labute approximate surface area is 158 Å². The van der Waals surface area contributed by atoms with Crippen molar-refractivity contribution in [2.24, 2.45) is 0 Å². The summed E-state index contributed by atoms with van der Waals surface area (Å²) in [5.74, 6) is 1.60. The summed E-state index contributed by atoms with van der Waals surface area (Å²) in [5, 5.41) is 3.13. The molecule has 0 amide bonds. The van der Waals surface area contributed by atoms with Gasteiger partial charge in [-0.3, -0.25) is 0 Å². The van der Waals surface area contributed by atoms with Gasteiger partial charge in [0.25, 0.3) is 0 Å². The summed E-state index contributed by atoms with van der Waals surface area (Å²) >= 11 is 0. The highest BCUT2D eigenvalue weighted by molar-refractivity contribution is 5.89. The molecule has 0 atom stereocenters. The fourth-order valence-electron chi connectivity index (χ4n) is 2.69. The maximum absolute atomic E-state index is 11.9. The molecule has 2 heterocycles. The van der Waals surface area contributed by atoms with E-state index in [4.69, 9.17) is 9.47 Å². The Morgan fingerprint density at radius 1 is 1.19 bits per heavy atom. The van der Waals surface area contributed by atoms with Crippen LogP contribution in [0.3, 0.4) is 0 Å². The van der Waals surface area contributed by atoms with Crippen molar-refractivity contribution in [3.8, 4) is 0 Å². The van der Waals surface area contributed by atoms with Crippen molar-refractivity contribution < 1.29 is 14.3 Å². The molecule has 1 fully saturated rings. The third-order valence-electron chi connectivity index (χ3n) is 4.07. The average Bonchev–Trinajstić information content (AvgIpc) is 2.72. The number of aryl methyl sites for hydroxylation is 1. The minimum absolute atomic E-state index is 0.232. The van der Waals surface area contributed by atoms with E-state index in [1.165, 1.54) is 0 Å². The molecule has 1 aliphatic heterocycles. The molecule has 27 heavy (non-hydrogen) atoms. The molecule has 0 unspecified atom stereocenters. The normalized spacial score (nSPS) is 14.0. The summed E-state index contributed by atoms with van der Waals surface area (Å²) in [5.41, 5.74) is 0.539. The molecule has 0 radical (unpaired) electrons. The standard InChI is InChI=1S/C19H25N5O3/c1-2-6-16-21-18(23-19(22-16)24-10-13-26-14-11-24)20-9-12-27-17(25)15-7-4-3-5-8-15/h3-5,7-8H,2,6,9-14H2,1H3,(H,20,21,22,23). The van der Waals surface area contributed by atoms with E-state index < -0.39 is 0 Å². The van der Waals surface area contributed by atoms with Gasteiger partial charge in [-0.1, -0.05) is 25.1 Å². The number of esters is 1. The maximum Gasteiger partial charge on any atom is 0.338 e. The van der Waals surface area contributed by atoms with Gasteiger partial charge >= 0.3 is 5.97 Å². The highest BCUT2D eigenvalue weighted by Crippen LogP contribution is 2.13. The number of carbonyl (C=O) groups is 1. The van der Waals surface area contributed by atoms with Crippen molar-refractivity contribution >= 4 is 17.9 Å². The van der Waals surface area contributed by atoms with Crippen LogP contribution in [0.25, 0.3) is 0 Å². The number of benzene rings is 1. The van der Waals surface area contributed by atoms with E-state index in [1.807, 2.05) is 18.2 Å². The summed E-state index contributed by atoms with van der Waals surface area (Å²) in [6, 6.07) is 8.93. The minimum atomic E-state index is -0.339. The van der Waals surface area contributed by atoms with Gasteiger partial charge in [0.2, 0.25) is 11.9 Å². The van der Waals surface area contributed by atoms with Crippen molar-refractivity contribution in [3.63, 3.8) is 0 Å². The monoisotopic (exact) mass is 371 g/mol. The van der Waals surface area contributed by atoms with Crippen LogP contribution in [0.15, 0.2) is 30.3 Å². The number of ether oxygens (including phenoxy) is 2. The summed E-state index contributed by atoms with van der Waals surface area (Å²) < 4.78 is 10.7. The fraction of sp³-hybridized carbons (Fsp3) is 0.474. The molecule has 2 aromatic rings. The number of carbonyl (C=O) groups excluding carboxylic acids is 1. The van der Waals surface area contributed by atoms with Crippen LogP contribution in [0, 0.1) is 0 Å². The molecular formula is C19H25N5O3. The third kappa shape index (κ3) is 5.62. The van der Waals surface area contributed by atoms with Crippen LogP contribution in [-0.4, -0.2) is 60.4 Å². The second-order valence-corrected chi connectivity index (χ2v) is 6.15. The fourth-order valence-corrected chi connectivity index (χ4v) is 2.69. The van der Waals surface area contributed by atoms with Gasteiger partial charge < -0.3 is 19.7 Å². The minimum Gasteiger partial charge on any atom is -0.460 e. The van der Waals surface area contributed by atoms with Crippen LogP contribution < -0.4 is 10.2 Å². The SMILES string of the molecule is CCCc1nc(NCCOC(=O)c2ccccc2)nc(N2CCOCC2)n1. The van der Waals surface area contributed by atoms with E-state index in [0.29, 0.717) is 37.2 Å². The van der Waals surface area contributed by atoms with Crippen LogP contribution in [0.4, 0.5) is 11.9 Å². The number of hydrogen-bond donors (Lipinski definition) is 1. The molecule has 144 valence electrons. The van der Waals surface area contributed by atoms with Crippen molar-refractivity contribution in [3.05, 3.63) is 41.7 Å². The molecule has 8 heteroatoms. The zero-order valence-electron chi connectivity index (χ0n) is 15.6. The maximum atomic E-state index is 11.9. The van der Waals surface area contributed by atoms with Gasteiger partial charge in [0, 0.05) is 19.5 Å². The molecule has 1 aromatic heterocycles. The molecule has 1 aliphatic rings. The van der Waals surface area contributed by atoms with Crippen molar-refractivity contribution in [1.29, 1.82) is 0 Å². The van der Waals surface area contributed by atoms with Crippen molar-refractivity contribution in [1.82, 2.24) is 15.0 Å². The zero-order chi connectivity index (χ0) is 18.9. The Hall–Kier alpha value is -2.74. The lowest BCUT2D eigenvalue weighted by Crippen LogP contribution is -2.37. The molecule has 1 N–H and O–H groups in total. The first-order valence-electron chi connectivity index (χ1n) is 9.30. The lowest BCUT2D eigenvalue weighted by Gasteiger charge is -2.27. The lowest BCUT2D eigenvalue weighted by molar-refractivity contribution is 0.0520. The summed E-state index contributed by atoms with van der Waals surface area (Å²) in [6.07, 6.45) is 1.75. The molecule has 0 spiro atoms. The largest absolute Gasteiger partial charge is 0.460 e. The average molecular weight is 371 g/mol. The Morgan fingerprint density at radius 3 is 2.70 bits per heavy atom. The number of morpholine rings is 1. The Bertz CT molecular complexity index is 735. The molecule has 0 bridgehead atoms. The molecule has 0 aliphatic carbocycles. The first-order valence-corrected chi connectivity index (χ1v) is 9.30. The van der Waals surface area contributed by atoms with Crippen molar-refractivity contribution in [2.75, 3.05) is 49.7 Å². The zero-order valence-corrected chi connectivity index (χ0v) is 15.6. The van der Waals surface area contributed by atoms with E-state index >= 15 is 0 Å². The summed E-state index contributed by atoms with van der Waals surface area (Å²) in [4.78, 5) is 27.6. The van der Waals surface area contributed by atoms with Gasteiger partial charge in [0.05, 0.1) is 25.3 Å². The Kier molecular flexibility index (Phi) is 6.92. The van der Waals surface area contributed by atoms with Gasteiger partial charge in [-0.05, 0) is 18.6 Å². The molecule has 1 aromatic carbocycles. The predicted molar refractivity (Wildman–Crippen MR) is 102 cm³/mol. The van der Waals surface area contributed by atoms with Gasteiger partial charge in [-0.25, -0.2) is 4.79 Å². The number of hydrogen-bond acceptors (Lipinski definition) is 8. The summed E-state index contributed by atoms with van der Waals surface area (Å²) in [6.45, 7) is 5.63. The van der Waals surface area contributed by atoms with E-state index in [1.54, 1.807) is 12.1 Å². The molecule has 0 saturated carbocycles. The number of rotatable bonds is 8. The van der Waals surface area contributed by atoms with Crippen LogP contribution >= 0.6 is 0 Å². The smallest absolute Gasteiger partial charge is 0.338 e. The lowest BCUT2D eigenvalue weighted by atomic mass is 10.2. The number of anilines is 2. The molecule has 1 saturated heterocycles. The first kappa shape index (κ1) is 19.0. The number of aromatic nitrogens is 3. The topological polar surface area (TPSA) is 89.5 Å². The van der Waals surface area contributed by atoms with Gasteiger partial charge in [-0.2, -0.15) is 15.0 Å². The predicted octanol–water partition coefficient (Wildman–Crippen LogP) is 1.93. The van der Waals surface area contributed by atoms with Crippen LogP contribution in [0.2, 0.25) is 0 Å². The van der Waals surface area contributed by atoms with Gasteiger partial charge in [0.1, 0.15) is 12.4 Å². The molecular weight excluding hydrogens is 346 g/mol. The molecule has 3 rings (SSSR count). The van der Waals surface area contributed by atoms with E-state index in [0.717, 1.165) is 31.8 Å². The first-order chi connectivity index (χ1) is 13.3. The highest BCUT2D eigenvalue weighted by Gasteiger charge is 2.16. The second-order valence-electron chi connectivity index (χ2n) is 6.15. The Balaban J connectivity index is 1.56.